The van der Waals surface area contributed by atoms with Crippen molar-refractivity contribution >= 4 is 11.5 Å². The lowest BCUT2D eigenvalue weighted by Crippen LogP contribution is -2.14. The maximum absolute atomic E-state index is 4.38. The average Bonchev–Trinajstić information content (AvgIpc) is 2.38. The van der Waals surface area contributed by atoms with E-state index in [0.717, 1.165) is 18.1 Å². The Morgan fingerprint density at radius 1 is 1.11 bits per heavy atom. The van der Waals surface area contributed by atoms with Crippen LogP contribution in [0.25, 0.3) is 0 Å². The van der Waals surface area contributed by atoms with E-state index in [1.807, 2.05) is 31.3 Å². The number of rotatable bonds is 4. The SMILES string of the molecule is Cc1ccccc1CNc1cccnc1N(C)C. The second-order valence-corrected chi connectivity index (χ2v) is 4.55. The fourth-order valence-electron chi connectivity index (χ4n) is 1.89. The van der Waals surface area contributed by atoms with Crippen LogP contribution in [0, 0.1) is 6.92 Å². The first-order valence-corrected chi connectivity index (χ1v) is 6.09. The first-order valence-electron chi connectivity index (χ1n) is 6.09. The Morgan fingerprint density at radius 3 is 2.61 bits per heavy atom. The third-order valence-corrected chi connectivity index (χ3v) is 2.94. The van der Waals surface area contributed by atoms with Crippen LogP contribution in [0.5, 0.6) is 0 Å². The van der Waals surface area contributed by atoms with E-state index in [0.29, 0.717) is 0 Å². The topological polar surface area (TPSA) is 28.2 Å². The zero-order chi connectivity index (χ0) is 13.0. The van der Waals surface area contributed by atoms with Crippen molar-refractivity contribution in [2.75, 3.05) is 24.3 Å². The van der Waals surface area contributed by atoms with Crippen molar-refractivity contribution in [3.8, 4) is 0 Å². The van der Waals surface area contributed by atoms with Crippen molar-refractivity contribution in [2.45, 2.75) is 13.5 Å². The minimum Gasteiger partial charge on any atom is -0.378 e. The van der Waals surface area contributed by atoms with Crippen LogP contribution >= 0.6 is 0 Å². The van der Waals surface area contributed by atoms with Gasteiger partial charge in [0.15, 0.2) is 5.82 Å². The van der Waals surface area contributed by atoms with Gasteiger partial charge in [0, 0.05) is 26.8 Å². The number of pyridine rings is 1. The van der Waals surface area contributed by atoms with Gasteiger partial charge in [-0.2, -0.15) is 0 Å². The molecule has 2 rings (SSSR count). The van der Waals surface area contributed by atoms with Gasteiger partial charge in [-0.1, -0.05) is 24.3 Å². The lowest BCUT2D eigenvalue weighted by Gasteiger charge is -2.17. The number of hydrogen-bond acceptors (Lipinski definition) is 3. The molecule has 0 aliphatic rings. The van der Waals surface area contributed by atoms with Gasteiger partial charge in [0.2, 0.25) is 0 Å². The molecule has 0 unspecified atom stereocenters. The Bertz CT molecular complexity index is 521. The van der Waals surface area contributed by atoms with E-state index in [-0.39, 0.29) is 0 Å². The van der Waals surface area contributed by atoms with Crippen LogP contribution in [-0.4, -0.2) is 19.1 Å². The maximum atomic E-state index is 4.38. The lowest BCUT2D eigenvalue weighted by molar-refractivity contribution is 1.05. The molecule has 1 aromatic carbocycles. The van der Waals surface area contributed by atoms with Crippen molar-refractivity contribution in [2.24, 2.45) is 0 Å². The largest absolute Gasteiger partial charge is 0.378 e. The van der Waals surface area contributed by atoms with Gasteiger partial charge in [-0.3, -0.25) is 0 Å². The van der Waals surface area contributed by atoms with Crippen LogP contribution in [0.3, 0.4) is 0 Å². The van der Waals surface area contributed by atoms with Crippen molar-refractivity contribution in [3.63, 3.8) is 0 Å². The monoisotopic (exact) mass is 241 g/mol. The van der Waals surface area contributed by atoms with Crippen LogP contribution in [-0.2, 0) is 6.54 Å². The van der Waals surface area contributed by atoms with Gasteiger partial charge in [0.25, 0.3) is 0 Å². The fourth-order valence-corrected chi connectivity index (χ4v) is 1.89. The van der Waals surface area contributed by atoms with Crippen LogP contribution in [0.2, 0.25) is 0 Å². The van der Waals surface area contributed by atoms with Crippen LogP contribution < -0.4 is 10.2 Å². The number of hydrogen-bond donors (Lipinski definition) is 1. The van der Waals surface area contributed by atoms with Crippen LogP contribution in [0.1, 0.15) is 11.1 Å². The number of nitrogens with zero attached hydrogens (tertiary/aromatic N) is 2. The van der Waals surface area contributed by atoms with Crippen molar-refractivity contribution in [1.82, 2.24) is 4.98 Å². The Labute approximate surface area is 108 Å². The summed E-state index contributed by atoms with van der Waals surface area (Å²) in [5, 5.41) is 3.45. The highest BCUT2D eigenvalue weighted by Crippen LogP contribution is 2.21. The van der Waals surface area contributed by atoms with E-state index >= 15 is 0 Å². The molecular weight excluding hydrogens is 222 g/mol. The standard InChI is InChI=1S/C15H19N3/c1-12-7-4-5-8-13(12)11-17-14-9-6-10-16-15(14)18(2)3/h4-10,17H,11H2,1-3H3. The van der Waals surface area contributed by atoms with Gasteiger partial charge in [0.1, 0.15) is 0 Å². The summed E-state index contributed by atoms with van der Waals surface area (Å²) in [6.45, 7) is 2.95. The molecule has 1 heterocycles. The molecular formula is C15H19N3. The van der Waals surface area contributed by atoms with E-state index < -0.39 is 0 Å². The summed E-state index contributed by atoms with van der Waals surface area (Å²) in [6.07, 6.45) is 1.81. The molecule has 0 aliphatic heterocycles. The third-order valence-electron chi connectivity index (χ3n) is 2.94. The summed E-state index contributed by atoms with van der Waals surface area (Å²) in [5.41, 5.74) is 3.68. The van der Waals surface area contributed by atoms with E-state index in [1.54, 1.807) is 0 Å². The highest BCUT2D eigenvalue weighted by molar-refractivity contribution is 5.64. The Kier molecular flexibility index (Phi) is 3.82. The molecule has 3 heteroatoms. The summed E-state index contributed by atoms with van der Waals surface area (Å²) in [7, 11) is 4.00. The second-order valence-electron chi connectivity index (χ2n) is 4.55. The molecule has 0 bridgehead atoms. The smallest absolute Gasteiger partial charge is 0.151 e. The number of nitrogens with one attached hydrogen (secondary N) is 1. The lowest BCUT2D eigenvalue weighted by atomic mass is 10.1. The zero-order valence-electron chi connectivity index (χ0n) is 11.1. The van der Waals surface area contributed by atoms with E-state index in [4.69, 9.17) is 0 Å². The maximum Gasteiger partial charge on any atom is 0.151 e. The normalized spacial score (nSPS) is 10.2. The zero-order valence-corrected chi connectivity index (χ0v) is 11.1. The minimum atomic E-state index is 0.819. The van der Waals surface area contributed by atoms with E-state index in [9.17, 15) is 0 Å². The molecule has 0 atom stereocenters. The number of aromatic nitrogens is 1. The minimum absolute atomic E-state index is 0.819. The molecule has 0 amide bonds. The van der Waals surface area contributed by atoms with Gasteiger partial charge in [0.05, 0.1) is 5.69 Å². The highest BCUT2D eigenvalue weighted by Gasteiger charge is 2.05. The predicted octanol–water partition coefficient (Wildman–Crippen LogP) is 3.07. The Balaban J connectivity index is 2.14. The molecule has 94 valence electrons. The van der Waals surface area contributed by atoms with Crippen LogP contribution in [0.4, 0.5) is 11.5 Å². The Morgan fingerprint density at radius 2 is 1.89 bits per heavy atom. The average molecular weight is 241 g/mol. The summed E-state index contributed by atoms with van der Waals surface area (Å²) in [6, 6.07) is 12.4. The molecule has 2 aromatic rings. The quantitative estimate of drug-likeness (QED) is 0.891. The van der Waals surface area contributed by atoms with Gasteiger partial charge >= 0.3 is 0 Å². The highest BCUT2D eigenvalue weighted by atomic mass is 15.2. The first kappa shape index (κ1) is 12.4. The molecule has 0 saturated carbocycles. The van der Waals surface area contributed by atoms with Gasteiger partial charge in [-0.25, -0.2) is 4.98 Å². The van der Waals surface area contributed by atoms with Gasteiger partial charge in [-0.05, 0) is 30.2 Å². The number of benzene rings is 1. The van der Waals surface area contributed by atoms with Gasteiger partial charge in [-0.15, -0.1) is 0 Å². The molecule has 18 heavy (non-hydrogen) atoms. The summed E-state index contributed by atoms with van der Waals surface area (Å²) >= 11 is 0. The summed E-state index contributed by atoms with van der Waals surface area (Å²) in [5.74, 6) is 0.964. The molecule has 1 aromatic heterocycles. The fraction of sp³-hybridized carbons (Fsp3) is 0.267. The Hall–Kier alpha value is -2.03. The molecule has 0 radical (unpaired) electrons. The molecule has 0 aliphatic carbocycles. The predicted molar refractivity (Wildman–Crippen MR) is 77.1 cm³/mol. The molecule has 3 nitrogen and oxygen atoms in total. The molecule has 0 spiro atoms. The number of anilines is 2. The molecule has 0 saturated heterocycles. The second kappa shape index (κ2) is 5.54. The van der Waals surface area contributed by atoms with Crippen molar-refractivity contribution < 1.29 is 0 Å². The van der Waals surface area contributed by atoms with Crippen molar-refractivity contribution in [3.05, 3.63) is 53.7 Å². The summed E-state index contributed by atoms with van der Waals surface area (Å²) < 4.78 is 0. The number of aryl methyl sites for hydroxylation is 1. The first-order chi connectivity index (χ1) is 8.68. The van der Waals surface area contributed by atoms with E-state index in [2.05, 4.69) is 47.6 Å². The third kappa shape index (κ3) is 2.80. The van der Waals surface area contributed by atoms with Crippen LogP contribution in [0.15, 0.2) is 42.6 Å². The molecule has 0 fully saturated rings. The van der Waals surface area contributed by atoms with Gasteiger partial charge < -0.3 is 10.2 Å². The van der Waals surface area contributed by atoms with E-state index in [1.165, 1.54) is 11.1 Å². The van der Waals surface area contributed by atoms with Crippen molar-refractivity contribution in [1.29, 1.82) is 0 Å². The molecule has 1 N–H and O–H groups in total. The summed E-state index contributed by atoms with van der Waals surface area (Å²) in [4.78, 5) is 6.39.